The number of carbonyl (C=O) groups excluding carboxylic acids is 1. The number of carbonyl (C=O) groups is 1. The summed E-state index contributed by atoms with van der Waals surface area (Å²) in [4.78, 5) is 11.6. The zero-order chi connectivity index (χ0) is 16.6. The van der Waals surface area contributed by atoms with Crippen LogP contribution in [0, 0.1) is 0 Å². The second kappa shape index (κ2) is 8.47. The number of alkyl halides is 3. The third-order valence-corrected chi connectivity index (χ3v) is 2.59. The lowest BCUT2D eigenvalue weighted by molar-refractivity contribution is -0.137. The molecule has 0 bridgehead atoms. The van der Waals surface area contributed by atoms with Crippen LogP contribution in [0.2, 0.25) is 0 Å². The van der Waals surface area contributed by atoms with Gasteiger partial charge in [-0.15, -0.1) is 0 Å². The predicted molar refractivity (Wildman–Crippen MR) is 76.1 cm³/mol. The number of ether oxygens (including phenoxy) is 2. The van der Waals surface area contributed by atoms with Crippen molar-refractivity contribution in [1.82, 2.24) is 5.32 Å². The lowest BCUT2D eigenvalue weighted by Gasteiger charge is -2.15. The van der Waals surface area contributed by atoms with Crippen LogP contribution in [-0.2, 0) is 10.9 Å². The van der Waals surface area contributed by atoms with E-state index in [0.29, 0.717) is 13.2 Å². The first kappa shape index (κ1) is 18.1. The Morgan fingerprint density at radius 1 is 1.23 bits per heavy atom. The Morgan fingerprint density at radius 3 is 2.55 bits per heavy atom. The molecule has 1 aromatic rings. The number of halogens is 3. The molecule has 0 unspecified atom stereocenters. The van der Waals surface area contributed by atoms with Crippen molar-refractivity contribution in [1.29, 1.82) is 0 Å². The van der Waals surface area contributed by atoms with Crippen LogP contribution < -0.4 is 15.4 Å². The molecule has 0 aromatic heterocycles. The fraction of sp³-hybridized carbons (Fsp3) is 0.500. The van der Waals surface area contributed by atoms with Crippen molar-refractivity contribution in [2.24, 2.45) is 0 Å². The molecule has 0 aliphatic rings. The quantitative estimate of drug-likeness (QED) is 0.758. The van der Waals surface area contributed by atoms with Crippen molar-refractivity contribution in [2.75, 3.05) is 31.7 Å². The highest BCUT2D eigenvalue weighted by Crippen LogP contribution is 2.37. The number of benzene rings is 1. The Morgan fingerprint density at radius 2 is 1.95 bits per heavy atom. The third-order valence-electron chi connectivity index (χ3n) is 2.59. The molecule has 124 valence electrons. The predicted octanol–water partition coefficient (Wildman–Crippen LogP) is 3.26. The molecule has 0 atom stereocenters. The Labute approximate surface area is 126 Å². The molecule has 5 nitrogen and oxygen atoms in total. The second-order valence-corrected chi connectivity index (χ2v) is 4.22. The standard InChI is InChI=1S/C14H19F3N2O3/c1-3-21-8-7-18-13(20)19-12-6-5-10(22-4-2)9-11(12)14(15,16)17/h5-6,9H,3-4,7-8H2,1-2H3,(H2,18,19,20). The molecule has 0 fully saturated rings. The first-order valence-electron chi connectivity index (χ1n) is 6.85. The fourth-order valence-electron chi connectivity index (χ4n) is 1.67. The van der Waals surface area contributed by atoms with Crippen molar-refractivity contribution in [3.8, 4) is 5.75 Å². The maximum Gasteiger partial charge on any atom is 0.418 e. The van der Waals surface area contributed by atoms with Gasteiger partial charge in [0, 0.05) is 13.2 Å². The summed E-state index contributed by atoms with van der Waals surface area (Å²) in [5.41, 5.74) is -1.29. The maximum absolute atomic E-state index is 13.0. The average Bonchev–Trinajstić information content (AvgIpc) is 2.44. The van der Waals surface area contributed by atoms with Crippen molar-refractivity contribution >= 4 is 11.7 Å². The Kier molecular flexibility index (Phi) is 6.97. The molecule has 1 rings (SSSR count). The van der Waals surface area contributed by atoms with Crippen LogP contribution in [0.5, 0.6) is 5.75 Å². The van der Waals surface area contributed by atoms with Gasteiger partial charge >= 0.3 is 12.2 Å². The number of hydrogen-bond acceptors (Lipinski definition) is 3. The van der Waals surface area contributed by atoms with Crippen molar-refractivity contribution in [3.63, 3.8) is 0 Å². The SMILES string of the molecule is CCOCCNC(=O)Nc1ccc(OCC)cc1C(F)(F)F. The Balaban J connectivity index is 2.78. The monoisotopic (exact) mass is 320 g/mol. The summed E-state index contributed by atoms with van der Waals surface area (Å²) in [6, 6.07) is 2.67. The van der Waals surface area contributed by atoms with E-state index in [1.807, 2.05) is 0 Å². The van der Waals surface area contributed by atoms with Crippen LogP contribution >= 0.6 is 0 Å². The molecule has 0 aliphatic heterocycles. The summed E-state index contributed by atoms with van der Waals surface area (Å²) in [7, 11) is 0. The summed E-state index contributed by atoms with van der Waals surface area (Å²) in [6.07, 6.45) is -4.60. The van der Waals surface area contributed by atoms with Gasteiger partial charge in [0.15, 0.2) is 0 Å². The molecule has 0 saturated carbocycles. The fourth-order valence-corrected chi connectivity index (χ4v) is 1.67. The van der Waals surface area contributed by atoms with E-state index in [-0.39, 0.29) is 24.6 Å². The van der Waals surface area contributed by atoms with Gasteiger partial charge in [-0.2, -0.15) is 13.2 Å². The number of hydrogen-bond donors (Lipinski definition) is 2. The molecule has 8 heteroatoms. The highest BCUT2D eigenvalue weighted by molar-refractivity contribution is 5.90. The van der Waals surface area contributed by atoms with E-state index in [1.54, 1.807) is 13.8 Å². The minimum atomic E-state index is -4.60. The average molecular weight is 320 g/mol. The molecule has 1 aromatic carbocycles. The van der Waals surface area contributed by atoms with Gasteiger partial charge in [0.1, 0.15) is 5.75 Å². The highest BCUT2D eigenvalue weighted by atomic mass is 19.4. The molecule has 0 radical (unpaired) electrons. The molecule has 22 heavy (non-hydrogen) atoms. The lowest BCUT2D eigenvalue weighted by atomic mass is 10.1. The summed E-state index contributed by atoms with van der Waals surface area (Å²) in [5, 5.41) is 4.59. The number of anilines is 1. The molecule has 2 N–H and O–H groups in total. The summed E-state index contributed by atoms with van der Waals surface area (Å²) >= 11 is 0. The zero-order valence-corrected chi connectivity index (χ0v) is 12.4. The van der Waals surface area contributed by atoms with Crippen molar-refractivity contribution in [2.45, 2.75) is 20.0 Å². The van der Waals surface area contributed by atoms with Gasteiger partial charge in [-0.05, 0) is 32.0 Å². The van der Waals surface area contributed by atoms with Gasteiger partial charge in [0.05, 0.1) is 24.5 Å². The molecular formula is C14H19F3N2O3. The van der Waals surface area contributed by atoms with E-state index in [4.69, 9.17) is 9.47 Å². The largest absolute Gasteiger partial charge is 0.494 e. The van der Waals surface area contributed by atoms with Gasteiger partial charge < -0.3 is 20.1 Å². The van der Waals surface area contributed by atoms with Crippen LogP contribution in [0.3, 0.4) is 0 Å². The first-order chi connectivity index (χ1) is 10.4. The Hall–Kier alpha value is -1.96. The van der Waals surface area contributed by atoms with E-state index in [9.17, 15) is 18.0 Å². The van der Waals surface area contributed by atoms with Crippen LogP contribution in [0.15, 0.2) is 18.2 Å². The van der Waals surface area contributed by atoms with E-state index in [2.05, 4.69) is 10.6 Å². The molecule has 0 saturated heterocycles. The van der Waals surface area contributed by atoms with Gasteiger partial charge in [0.2, 0.25) is 0 Å². The van der Waals surface area contributed by atoms with Gasteiger partial charge in [-0.3, -0.25) is 0 Å². The van der Waals surface area contributed by atoms with Crippen LogP contribution in [0.4, 0.5) is 23.7 Å². The minimum Gasteiger partial charge on any atom is -0.494 e. The van der Waals surface area contributed by atoms with E-state index >= 15 is 0 Å². The van der Waals surface area contributed by atoms with Crippen LogP contribution in [-0.4, -0.2) is 32.4 Å². The Bertz CT molecular complexity index is 493. The van der Waals surface area contributed by atoms with Gasteiger partial charge in [-0.25, -0.2) is 4.79 Å². The van der Waals surface area contributed by atoms with E-state index in [1.165, 1.54) is 6.07 Å². The number of nitrogens with one attached hydrogen (secondary N) is 2. The first-order valence-corrected chi connectivity index (χ1v) is 6.85. The number of amides is 2. The lowest BCUT2D eigenvalue weighted by Crippen LogP contribution is -2.32. The number of urea groups is 1. The molecule has 2 amide bonds. The number of rotatable bonds is 7. The van der Waals surface area contributed by atoms with Gasteiger partial charge in [-0.1, -0.05) is 0 Å². The topological polar surface area (TPSA) is 59.6 Å². The molecule has 0 spiro atoms. The van der Waals surface area contributed by atoms with E-state index < -0.39 is 17.8 Å². The minimum absolute atomic E-state index is 0.0946. The third kappa shape index (κ3) is 5.80. The summed E-state index contributed by atoms with van der Waals surface area (Å²) < 4.78 is 49.1. The highest BCUT2D eigenvalue weighted by Gasteiger charge is 2.34. The zero-order valence-electron chi connectivity index (χ0n) is 12.4. The van der Waals surface area contributed by atoms with Crippen molar-refractivity contribution in [3.05, 3.63) is 23.8 Å². The maximum atomic E-state index is 13.0. The summed E-state index contributed by atoms with van der Waals surface area (Å²) in [5.74, 6) is 0.0946. The van der Waals surface area contributed by atoms with E-state index in [0.717, 1.165) is 12.1 Å². The smallest absolute Gasteiger partial charge is 0.418 e. The van der Waals surface area contributed by atoms with Gasteiger partial charge in [0.25, 0.3) is 0 Å². The second-order valence-electron chi connectivity index (χ2n) is 4.22. The molecular weight excluding hydrogens is 301 g/mol. The van der Waals surface area contributed by atoms with Crippen molar-refractivity contribution < 1.29 is 27.4 Å². The molecule has 0 heterocycles. The van der Waals surface area contributed by atoms with Crippen LogP contribution in [0.25, 0.3) is 0 Å². The summed E-state index contributed by atoms with van der Waals surface area (Å²) in [6.45, 7) is 4.72. The molecule has 0 aliphatic carbocycles. The normalized spacial score (nSPS) is 11.1. The van der Waals surface area contributed by atoms with Crippen LogP contribution in [0.1, 0.15) is 19.4 Å².